The van der Waals surface area contributed by atoms with Gasteiger partial charge in [-0.2, -0.15) is 0 Å². The van der Waals surface area contributed by atoms with Gasteiger partial charge in [-0.1, -0.05) is 55.5 Å². The van der Waals surface area contributed by atoms with Crippen LogP contribution in [0.4, 0.5) is 0 Å². The van der Waals surface area contributed by atoms with Crippen LogP contribution >= 0.6 is 15.9 Å². The Morgan fingerprint density at radius 2 is 1.85 bits per heavy atom. The number of hydrogen-bond donors (Lipinski definition) is 0. The number of halogens is 1. The number of alkyl halides is 1. The van der Waals surface area contributed by atoms with Crippen molar-refractivity contribution in [2.24, 2.45) is 11.8 Å². The molecule has 1 heteroatoms. The highest BCUT2D eigenvalue weighted by Crippen LogP contribution is 2.35. The van der Waals surface area contributed by atoms with Crippen molar-refractivity contribution in [1.82, 2.24) is 0 Å². The molecule has 0 spiro atoms. The highest BCUT2D eigenvalue weighted by molar-refractivity contribution is 9.09. The van der Waals surface area contributed by atoms with E-state index < -0.39 is 0 Å². The van der Waals surface area contributed by atoms with E-state index in [0.717, 1.165) is 16.7 Å². The zero-order valence-electron chi connectivity index (χ0n) is 9.06. The topological polar surface area (TPSA) is 0 Å². The Hall–Kier alpha value is 0.480. The Bertz CT molecular complexity index is 127. The molecule has 0 amide bonds. The van der Waals surface area contributed by atoms with Crippen molar-refractivity contribution in [2.45, 2.75) is 63.6 Å². The minimum atomic E-state index is 0.785. The summed E-state index contributed by atoms with van der Waals surface area (Å²) in [5.74, 6) is 1.84. The molecule has 78 valence electrons. The molecule has 0 N–H and O–H groups in total. The van der Waals surface area contributed by atoms with E-state index in [9.17, 15) is 0 Å². The lowest BCUT2D eigenvalue weighted by molar-refractivity contribution is 0.303. The Labute approximate surface area is 91.6 Å². The molecule has 0 aliphatic heterocycles. The van der Waals surface area contributed by atoms with Crippen LogP contribution in [-0.4, -0.2) is 4.83 Å². The summed E-state index contributed by atoms with van der Waals surface area (Å²) < 4.78 is 0. The Morgan fingerprint density at radius 1 is 1.23 bits per heavy atom. The van der Waals surface area contributed by atoms with Crippen molar-refractivity contribution in [1.29, 1.82) is 0 Å². The van der Waals surface area contributed by atoms with Crippen molar-refractivity contribution < 1.29 is 0 Å². The summed E-state index contributed by atoms with van der Waals surface area (Å²) in [6.07, 6.45) is 10.0. The van der Waals surface area contributed by atoms with E-state index in [1.807, 2.05) is 0 Å². The van der Waals surface area contributed by atoms with Gasteiger partial charge in [-0.3, -0.25) is 0 Å². The Kier molecular flexibility index (Phi) is 5.38. The maximum atomic E-state index is 3.91. The molecule has 1 rings (SSSR count). The van der Waals surface area contributed by atoms with Crippen molar-refractivity contribution in [2.75, 3.05) is 0 Å². The van der Waals surface area contributed by atoms with Gasteiger partial charge in [0.05, 0.1) is 0 Å². The molecule has 0 nitrogen and oxygen atoms in total. The zero-order chi connectivity index (χ0) is 9.68. The molecular formula is C12H23Br. The van der Waals surface area contributed by atoms with Crippen molar-refractivity contribution >= 4 is 15.9 Å². The third kappa shape index (κ3) is 3.61. The fourth-order valence-corrected chi connectivity index (χ4v) is 3.32. The molecule has 2 unspecified atom stereocenters. The molecule has 0 aromatic carbocycles. The van der Waals surface area contributed by atoms with Crippen LogP contribution in [0.5, 0.6) is 0 Å². The van der Waals surface area contributed by atoms with Gasteiger partial charge in [0, 0.05) is 4.83 Å². The molecule has 1 aliphatic rings. The summed E-state index contributed by atoms with van der Waals surface area (Å²) in [5, 5.41) is 0. The fourth-order valence-electron chi connectivity index (χ4n) is 2.53. The van der Waals surface area contributed by atoms with Gasteiger partial charge < -0.3 is 0 Å². The second kappa shape index (κ2) is 6.06. The van der Waals surface area contributed by atoms with E-state index in [0.29, 0.717) is 0 Å². The highest BCUT2D eigenvalue weighted by Gasteiger charge is 2.25. The molecule has 1 saturated carbocycles. The van der Waals surface area contributed by atoms with E-state index in [-0.39, 0.29) is 0 Å². The van der Waals surface area contributed by atoms with Crippen LogP contribution in [0, 0.1) is 11.8 Å². The standard InChI is InChI=1S/C12H23Br/c1-3-7-10(2)12(13)11-8-5-4-6-9-11/h10-12H,3-9H2,1-2H3. The molecular weight excluding hydrogens is 224 g/mol. The predicted molar refractivity (Wildman–Crippen MR) is 63.4 cm³/mol. The second-order valence-electron chi connectivity index (χ2n) is 4.61. The molecule has 2 atom stereocenters. The van der Waals surface area contributed by atoms with E-state index in [2.05, 4.69) is 29.8 Å². The lowest BCUT2D eigenvalue weighted by atomic mass is 9.82. The highest BCUT2D eigenvalue weighted by atomic mass is 79.9. The van der Waals surface area contributed by atoms with Gasteiger partial charge in [0.1, 0.15) is 0 Å². The lowest BCUT2D eigenvalue weighted by Gasteiger charge is -2.30. The van der Waals surface area contributed by atoms with Gasteiger partial charge in [-0.25, -0.2) is 0 Å². The average Bonchev–Trinajstić information content (AvgIpc) is 2.18. The summed E-state index contributed by atoms with van der Waals surface area (Å²) >= 11 is 3.91. The van der Waals surface area contributed by atoms with Crippen LogP contribution < -0.4 is 0 Å². The first kappa shape index (κ1) is 11.6. The number of rotatable bonds is 4. The normalized spacial score (nSPS) is 24.2. The Balaban J connectivity index is 2.31. The maximum absolute atomic E-state index is 3.91. The summed E-state index contributed by atoms with van der Waals surface area (Å²) in [6, 6.07) is 0. The molecule has 0 saturated heterocycles. The molecule has 0 heterocycles. The molecule has 0 aromatic heterocycles. The first-order valence-electron chi connectivity index (χ1n) is 5.89. The van der Waals surface area contributed by atoms with Gasteiger partial charge >= 0.3 is 0 Å². The third-order valence-electron chi connectivity index (χ3n) is 3.39. The van der Waals surface area contributed by atoms with Gasteiger partial charge in [0.2, 0.25) is 0 Å². The van der Waals surface area contributed by atoms with Gasteiger partial charge in [0.25, 0.3) is 0 Å². The fraction of sp³-hybridized carbons (Fsp3) is 1.00. The largest absolute Gasteiger partial charge is 0.0885 e. The van der Waals surface area contributed by atoms with E-state index >= 15 is 0 Å². The van der Waals surface area contributed by atoms with E-state index in [1.165, 1.54) is 44.9 Å². The smallest absolute Gasteiger partial charge is 0.0199 e. The predicted octanol–water partition coefficient (Wildman–Crippen LogP) is 4.77. The molecule has 13 heavy (non-hydrogen) atoms. The third-order valence-corrected chi connectivity index (χ3v) is 5.04. The monoisotopic (exact) mass is 246 g/mol. The van der Waals surface area contributed by atoms with Crippen LogP contribution in [-0.2, 0) is 0 Å². The van der Waals surface area contributed by atoms with Crippen molar-refractivity contribution in [3.8, 4) is 0 Å². The van der Waals surface area contributed by atoms with Gasteiger partial charge in [-0.15, -0.1) is 0 Å². The van der Waals surface area contributed by atoms with Gasteiger partial charge in [-0.05, 0) is 31.1 Å². The summed E-state index contributed by atoms with van der Waals surface area (Å²) in [7, 11) is 0. The van der Waals surface area contributed by atoms with Crippen molar-refractivity contribution in [3.63, 3.8) is 0 Å². The molecule has 1 aliphatic carbocycles. The molecule has 0 bridgehead atoms. The minimum Gasteiger partial charge on any atom is -0.0885 e. The maximum Gasteiger partial charge on any atom is 0.0199 e. The van der Waals surface area contributed by atoms with Crippen LogP contribution in [0.1, 0.15) is 58.8 Å². The number of hydrogen-bond acceptors (Lipinski definition) is 0. The SMILES string of the molecule is CCCC(C)C(Br)C1CCCCC1. The summed E-state index contributed by atoms with van der Waals surface area (Å²) in [6.45, 7) is 4.69. The quantitative estimate of drug-likeness (QED) is 0.628. The molecule has 0 aromatic rings. The Morgan fingerprint density at radius 3 is 2.38 bits per heavy atom. The zero-order valence-corrected chi connectivity index (χ0v) is 10.6. The lowest BCUT2D eigenvalue weighted by Crippen LogP contribution is -2.23. The minimum absolute atomic E-state index is 0.785. The molecule has 1 fully saturated rings. The first-order chi connectivity index (χ1) is 6.25. The first-order valence-corrected chi connectivity index (χ1v) is 6.81. The van der Waals surface area contributed by atoms with E-state index in [1.54, 1.807) is 0 Å². The summed E-state index contributed by atoms with van der Waals surface area (Å²) in [4.78, 5) is 0.785. The molecule has 0 radical (unpaired) electrons. The second-order valence-corrected chi connectivity index (χ2v) is 5.67. The van der Waals surface area contributed by atoms with Crippen LogP contribution in [0.15, 0.2) is 0 Å². The van der Waals surface area contributed by atoms with Crippen LogP contribution in [0.25, 0.3) is 0 Å². The average molecular weight is 247 g/mol. The van der Waals surface area contributed by atoms with Crippen LogP contribution in [0.3, 0.4) is 0 Å². The van der Waals surface area contributed by atoms with Crippen LogP contribution in [0.2, 0.25) is 0 Å². The van der Waals surface area contributed by atoms with Gasteiger partial charge in [0.15, 0.2) is 0 Å². The van der Waals surface area contributed by atoms with E-state index in [4.69, 9.17) is 0 Å². The summed E-state index contributed by atoms with van der Waals surface area (Å²) in [5.41, 5.74) is 0. The van der Waals surface area contributed by atoms with Crippen molar-refractivity contribution in [3.05, 3.63) is 0 Å².